The van der Waals surface area contributed by atoms with E-state index in [1.807, 2.05) is 16.9 Å². The fourth-order valence-electron chi connectivity index (χ4n) is 2.25. The zero-order valence-corrected chi connectivity index (χ0v) is 13.6. The van der Waals surface area contributed by atoms with E-state index in [0.29, 0.717) is 23.4 Å². The molecule has 0 aliphatic carbocycles. The van der Waals surface area contributed by atoms with E-state index in [-0.39, 0.29) is 10.9 Å². The van der Waals surface area contributed by atoms with E-state index >= 15 is 0 Å². The lowest BCUT2D eigenvalue weighted by Crippen LogP contribution is -2.05. The molecule has 3 rings (SSSR count). The molecule has 0 spiro atoms. The van der Waals surface area contributed by atoms with Crippen molar-refractivity contribution in [2.45, 2.75) is 25.8 Å². The lowest BCUT2D eigenvalue weighted by molar-refractivity contribution is 0.627. The molecule has 0 aliphatic heterocycles. The zero-order chi connectivity index (χ0) is 15.0. The van der Waals surface area contributed by atoms with Crippen molar-refractivity contribution in [2.24, 2.45) is 0 Å². The Hall–Kier alpha value is -1.17. The van der Waals surface area contributed by atoms with Crippen molar-refractivity contribution in [1.82, 2.24) is 14.5 Å². The molecule has 0 N–H and O–H groups in total. The predicted molar refractivity (Wildman–Crippen MR) is 84.8 cm³/mol. The van der Waals surface area contributed by atoms with Gasteiger partial charge in [-0.3, -0.25) is 0 Å². The number of benzene rings is 1. The Morgan fingerprint density at radius 2 is 2.14 bits per heavy atom. The molecule has 7 heteroatoms. The highest BCUT2D eigenvalue weighted by molar-refractivity contribution is 7.09. The Morgan fingerprint density at radius 1 is 1.33 bits per heavy atom. The molecule has 21 heavy (non-hydrogen) atoms. The average molecular weight is 344 g/mol. The largest absolute Gasteiger partial charge is 0.326 e. The number of hydrogen-bond acceptors (Lipinski definition) is 3. The Morgan fingerprint density at radius 3 is 2.81 bits per heavy atom. The van der Waals surface area contributed by atoms with Crippen LogP contribution in [0.1, 0.15) is 16.5 Å². The van der Waals surface area contributed by atoms with Gasteiger partial charge in [0.25, 0.3) is 0 Å². The van der Waals surface area contributed by atoms with E-state index in [1.165, 1.54) is 12.1 Å². The number of imidazole rings is 1. The number of alkyl halides is 1. The van der Waals surface area contributed by atoms with Gasteiger partial charge in [0.1, 0.15) is 11.6 Å². The Balaban J connectivity index is 1.97. The molecule has 0 aliphatic rings. The van der Waals surface area contributed by atoms with Gasteiger partial charge in [0, 0.05) is 30.1 Å². The first-order valence-electron chi connectivity index (χ1n) is 6.39. The molecular formula is C14H12Cl2FN3S. The highest BCUT2D eigenvalue weighted by Gasteiger charge is 2.13. The molecule has 2 heterocycles. The van der Waals surface area contributed by atoms with Crippen molar-refractivity contribution in [3.63, 3.8) is 0 Å². The smallest absolute Gasteiger partial charge is 0.144 e. The van der Waals surface area contributed by atoms with Crippen molar-refractivity contribution < 1.29 is 4.39 Å². The second kappa shape index (κ2) is 5.91. The van der Waals surface area contributed by atoms with E-state index in [1.54, 1.807) is 11.3 Å². The summed E-state index contributed by atoms with van der Waals surface area (Å²) in [6, 6.07) is 2.94. The number of halogens is 3. The van der Waals surface area contributed by atoms with Crippen molar-refractivity contribution in [2.75, 3.05) is 0 Å². The van der Waals surface area contributed by atoms with Crippen LogP contribution in [0.5, 0.6) is 0 Å². The molecule has 0 unspecified atom stereocenters. The van der Waals surface area contributed by atoms with Gasteiger partial charge in [0.15, 0.2) is 0 Å². The van der Waals surface area contributed by atoms with E-state index in [2.05, 4.69) is 9.97 Å². The molecule has 110 valence electrons. The number of rotatable bonds is 4. The van der Waals surface area contributed by atoms with Crippen molar-refractivity contribution in [1.29, 1.82) is 0 Å². The lowest BCUT2D eigenvalue weighted by Gasteiger charge is -2.06. The highest BCUT2D eigenvalue weighted by Crippen LogP contribution is 2.25. The van der Waals surface area contributed by atoms with Crippen LogP contribution in [-0.4, -0.2) is 14.5 Å². The summed E-state index contributed by atoms with van der Waals surface area (Å²) < 4.78 is 15.6. The standard InChI is InChI=1S/C14H12Cl2FN3S/c1-8-7-21-14(18-8)2-3-20-12-5-10(17)9(16)4-11(12)19-13(20)6-15/h4-5,7H,2-3,6H2,1H3. The molecule has 0 amide bonds. The fourth-order valence-corrected chi connectivity index (χ4v) is 3.37. The lowest BCUT2D eigenvalue weighted by atomic mass is 10.3. The van der Waals surface area contributed by atoms with E-state index in [0.717, 1.165) is 17.1 Å². The van der Waals surface area contributed by atoms with Crippen molar-refractivity contribution >= 4 is 45.6 Å². The first-order chi connectivity index (χ1) is 10.1. The highest BCUT2D eigenvalue weighted by atomic mass is 35.5. The third-order valence-corrected chi connectivity index (χ3v) is 4.76. The van der Waals surface area contributed by atoms with Gasteiger partial charge in [-0.1, -0.05) is 11.6 Å². The molecule has 3 nitrogen and oxygen atoms in total. The number of thiazole rings is 1. The summed E-state index contributed by atoms with van der Waals surface area (Å²) in [5.74, 6) is 0.531. The maximum Gasteiger partial charge on any atom is 0.144 e. The van der Waals surface area contributed by atoms with Gasteiger partial charge in [-0.05, 0) is 13.0 Å². The van der Waals surface area contributed by atoms with Gasteiger partial charge in [0.2, 0.25) is 0 Å². The Bertz CT molecular complexity index is 797. The maximum atomic E-state index is 13.7. The van der Waals surface area contributed by atoms with E-state index in [4.69, 9.17) is 23.2 Å². The molecule has 3 aromatic rings. The molecule has 0 saturated heterocycles. The average Bonchev–Trinajstić information content (AvgIpc) is 3.01. The summed E-state index contributed by atoms with van der Waals surface area (Å²) in [4.78, 5) is 8.85. The molecule has 0 radical (unpaired) electrons. The summed E-state index contributed by atoms with van der Waals surface area (Å²) in [5.41, 5.74) is 2.38. The second-order valence-corrected chi connectivity index (χ2v) is 6.32. The SMILES string of the molecule is Cc1csc(CCn2c(CCl)nc3cc(Cl)c(F)cc32)n1. The molecule has 1 aromatic carbocycles. The quantitative estimate of drug-likeness (QED) is 0.649. The van der Waals surface area contributed by atoms with Gasteiger partial charge < -0.3 is 4.57 Å². The van der Waals surface area contributed by atoms with Gasteiger partial charge in [-0.2, -0.15) is 0 Å². The topological polar surface area (TPSA) is 30.7 Å². The van der Waals surface area contributed by atoms with Crippen molar-refractivity contribution in [3.8, 4) is 0 Å². The maximum absolute atomic E-state index is 13.7. The van der Waals surface area contributed by atoms with Crippen LogP contribution in [0.25, 0.3) is 11.0 Å². The van der Waals surface area contributed by atoms with E-state index < -0.39 is 5.82 Å². The minimum Gasteiger partial charge on any atom is -0.326 e. The third-order valence-electron chi connectivity index (χ3n) is 3.20. The van der Waals surface area contributed by atoms with Gasteiger partial charge in [-0.25, -0.2) is 14.4 Å². The van der Waals surface area contributed by atoms with Crippen molar-refractivity contribution in [3.05, 3.63) is 44.9 Å². The minimum absolute atomic E-state index is 0.0730. The monoisotopic (exact) mass is 343 g/mol. The Kier molecular flexibility index (Phi) is 4.15. The number of fused-ring (bicyclic) bond motifs is 1. The minimum atomic E-state index is -0.448. The Labute approximate surface area is 135 Å². The normalized spacial score (nSPS) is 11.4. The summed E-state index contributed by atoms with van der Waals surface area (Å²) in [7, 11) is 0. The van der Waals surface area contributed by atoms with Crippen LogP contribution in [0.15, 0.2) is 17.5 Å². The van der Waals surface area contributed by atoms with Gasteiger partial charge in [0.05, 0.1) is 26.9 Å². The molecule has 0 saturated carbocycles. The van der Waals surface area contributed by atoms with Crippen LogP contribution < -0.4 is 0 Å². The molecule has 0 bridgehead atoms. The van der Waals surface area contributed by atoms with Crippen LogP contribution in [-0.2, 0) is 18.8 Å². The van der Waals surface area contributed by atoms with Crippen LogP contribution in [0.3, 0.4) is 0 Å². The van der Waals surface area contributed by atoms with Crippen LogP contribution >= 0.6 is 34.5 Å². The van der Waals surface area contributed by atoms with Crippen LogP contribution in [0, 0.1) is 12.7 Å². The summed E-state index contributed by atoms with van der Waals surface area (Å²) in [6.07, 6.45) is 0.762. The summed E-state index contributed by atoms with van der Waals surface area (Å²) >= 11 is 13.4. The second-order valence-electron chi connectivity index (χ2n) is 4.70. The molecule has 0 fully saturated rings. The molecule has 2 aromatic heterocycles. The predicted octanol–water partition coefficient (Wildman–Crippen LogP) is 4.58. The number of aryl methyl sites for hydroxylation is 3. The first kappa shape index (κ1) is 14.8. The first-order valence-corrected chi connectivity index (χ1v) is 8.19. The summed E-state index contributed by atoms with van der Waals surface area (Å²) in [5, 5.41) is 3.14. The van der Waals surface area contributed by atoms with Crippen LogP contribution in [0.4, 0.5) is 4.39 Å². The number of nitrogens with zero attached hydrogens (tertiary/aromatic N) is 3. The van der Waals surface area contributed by atoms with E-state index in [9.17, 15) is 4.39 Å². The summed E-state index contributed by atoms with van der Waals surface area (Å²) in [6.45, 7) is 2.63. The zero-order valence-electron chi connectivity index (χ0n) is 11.2. The number of aromatic nitrogens is 3. The number of hydrogen-bond donors (Lipinski definition) is 0. The molecular weight excluding hydrogens is 332 g/mol. The fraction of sp³-hybridized carbons (Fsp3) is 0.286. The molecule has 0 atom stereocenters. The van der Waals surface area contributed by atoms with Gasteiger partial charge >= 0.3 is 0 Å². The van der Waals surface area contributed by atoms with Gasteiger partial charge in [-0.15, -0.1) is 22.9 Å². The van der Waals surface area contributed by atoms with Crippen LogP contribution in [0.2, 0.25) is 5.02 Å². The third kappa shape index (κ3) is 2.91.